The summed E-state index contributed by atoms with van der Waals surface area (Å²) in [5, 5.41) is 0. The Hall–Kier alpha value is -5.67. The second-order valence-electron chi connectivity index (χ2n) is 11.7. The topological polar surface area (TPSA) is 38.7 Å². The Morgan fingerprint density at radius 3 is 0.891 bits per heavy atom. The first-order chi connectivity index (χ1) is 22.6. The predicted octanol–water partition coefficient (Wildman–Crippen LogP) is 11.4. The molecule has 0 aliphatic heterocycles. The van der Waals surface area contributed by atoms with Crippen molar-refractivity contribution < 1.29 is 0 Å². The average molecular weight is 594 g/mol. The summed E-state index contributed by atoms with van der Waals surface area (Å²) in [5.41, 5.74) is 13.2. The zero-order valence-electron chi connectivity index (χ0n) is 26.1. The van der Waals surface area contributed by atoms with E-state index < -0.39 is 0 Å². The molecule has 0 radical (unpaired) electrons. The van der Waals surface area contributed by atoms with Crippen LogP contribution in [0.2, 0.25) is 0 Å². The van der Waals surface area contributed by atoms with Crippen LogP contribution in [0.4, 0.5) is 0 Å². The molecule has 4 aromatic carbocycles. The minimum atomic E-state index is 0.369. The lowest BCUT2D eigenvalue weighted by Crippen LogP contribution is -1.99. The molecule has 0 N–H and O–H groups in total. The van der Waals surface area contributed by atoms with Gasteiger partial charge in [0, 0.05) is 33.4 Å². The van der Waals surface area contributed by atoms with Crippen LogP contribution in [0.3, 0.4) is 0 Å². The standard InChI is InChI=1S/C43H35N3/c1-3-30(2)35-24-42(36-26-38(31-16-8-4-9-17-31)44-39(27-36)32-18-10-5-11-19-32)46-43(25-35)37-28-40(33-20-12-6-13-21-33)45-41(29-37)34-22-14-7-15-23-34/h4-30H,3H2,1-2H3. The molecule has 0 aliphatic carbocycles. The van der Waals surface area contributed by atoms with Crippen molar-refractivity contribution in [3.63, 3.8) is 0 Å². The van der Waals surface area contributed by atoms with Gasteiger partial charge in [0.2, 0.25) is 0 Å². The molecule has 0 aliphatic rings. The van der Waals surface area contributed by atoms with Gasteiger partial charge in [0.05, 0.1) is 34.2 Å². The maximum atomic E-state index is 5.37. The van der Waals surface area contributed by atoms with Gasteiger partial charge in [-0.1, -0.05) is 135 Å². The molecule has 7 rings (SSSR count). The van der Waals surface area contributed by atoms with Crippen molar-refractivity contribution in [3.05, 3.63) is 163 Å². The van der Waals surface area contributed by atoms with Crippen LogP contribution in [0, 0.1) is 0 Å². The van der Waals surface area contributed by atoms with Gasteiger partial charge in [-0.3, -0.25) is 0 Å². The number of hydrogen-bond acceptors (Lipinski definition) is 3. The summed E-state index contributed by atoms with van der Waals surface area (Å²) in [6.07, 6.45) is 1.03. The summed E-state index contributed by atoms with van der Waals surface area (Å²) in [4.78, 5) is 15.6. The molecule has 3 heteroatoms. The van der Waals surface area contributed by atoms with Gasteiger partial charge in [0.1, 0.15) is 0 Å². The number of nitrogens with zero attached hydrogens (tertiary/aromatic N) is 3. The summed E-state index contributed by atoms with van der Waals surface area (Å²) in [6.45, 7) is 4.53. The highest BCUT2D eigenvalue weighted by molar-refractivity contribution is 5.79. The van der Waals surface area contributed by atoms with Crippen molar-refractivity contribution in [1.82, 2.24) is 15.0 Å². The van der Waals surface area contributed by atoms with Crippen molar-refractivity contribution in [3.8, 4) is 67.5 Å². The molecule has 0 fully saturated rings. The highest BCUT2D eigenvalue weighted by atomic mass is 14.8. The van der Waals surface area contributed by atoms with Crippen LogP contribution in [0.25, 0.3) is 67.5 Å². The van der Waals surface area contributed by atoms with Crippen LogP contribution >= 0.6 is 0 Å². The fraction of sp³-hybridized carbons (Fsp3) is 0.0930. The molecule has 1 unspecified atom stereocenters. The van der Waals surface area contributed by atoms with E-state index in [1.807, 2.05) is 24.3 Å². The largest absolute Gasteiger partial charge is 0.248 e. The molecular formula is C43H35N3. The van der Waals surface area contributed by atoms with Crippen molar-refractivity contribution in [2.24, 2.45) is 0 Å². The van der Waals surface area contributed by atoms with E-state index >= 15 is 0 Å². The Labute approximate surface area is 271 Å². The lowest BCUT2D eigenvalue weighted by molar-refractivity contribution is 0.733. The summed E-state index contributed by atoms with van der Waals surface area (Å²) >= 11 is 0. The molecular weight excluding hydrogens is 558 g/mol. The van der Waals surface area contributed by atoms with E-state index in [2.05, 4.69) is 147 Å². The Morgan fingerprint density at radius 2 is 0.630 bits per heavy atom. The third kappa shape index (κ3) is 6.27. The molecule has 3 heterocycles. The van der Waals surface area contributed by atoms with Crippen molar-refractivity contribution in [2.75, 3.05) is 0 Å². The molecule has 0 bridgehead atoms. The van der Waals surface area contributed by atoms with Crippen LogP contribution in [0.15, 0.2) is 158 Å². The second-order valence-corrected chi connectivity index (χ2v) is 11.7. The lowest BCUT2D eigenvalue weighted by Gasteiger charge is -2.16. The van der Waals surface area contributed by atoms with Gasteiger partial charge >= 0.3 is 0 Å². The van der Waals surface area contributed by atoms with E-state index in [1.54, 1.807) is 0 Å². The summed E-state index contributed by atoms with van der Waals surface area (Å²) in [7, 11) is 0. The maximum absolute atomic E-state index is 5.37. The number of pyridine rings is 3. The van der Waals surface area contributed by atoms with Gasteiger partial charge in [0.15, 0.2) is 0 Å². The Balaban J connectivity index is 1.44. The molecule has 0 saturated heterocycles. The van der Waals surface area contributed by atoms with E-state index in [1.165, 1.54) is 5.56 Å². The zero-order chi connectivity index (χ0) is 31.3. The van der Waals surface area contributed by atoms with Crippen molar-refractivity contribution in [1.29, 1.82) is 0 Å². The summed E-state index contributed by atoms with van der Waals surface area (Å²) in [5.74, 6) is 0.369. The van der Waals surface area contributed by atoms with Crippen LogP contribution in [0.5, 0.6) is 0 Å². The van der Waals surface area contributed by atoms with Gasteiger partial charge in [-0.15, -0.1) is 0 Å². The van der Waals surface area contributed by atoms with Gasteiger partial charge in [0.25, 0.3) is 0 Å². The molecule has 0 spiro atoms. The quantitative estimate of drug-likeness (QED) is 0.176. The highest BCUT2D eigenvalue weighted by Crippen LogP contribution is 2.35. The molecule has 0 saturated carbocycles. The minimum Gasteiger partial charge on any atom is -0.248 e. The first-order valence-corrected chi connectivity index (χ1v) is 15.9. The maximum Gasteiger partial charge on any atom is 0.0716 e. The number of hydrogen-bond donors (Lipinski definition) is 0. The van der Waals surface area contributed by atoms with Gasteiger partial charge in [-0.05, 0) is 54.3 Å². The van der Waals surface area contributed by atoms with Gasteiger partial charge in [-0.25, -0.2) is 15.0 Å². The Bertz CT molecular complexity index is 1810. The number of aromatic nitrogens is 3. The molecule has 7 aromatic rings. The van der Waals surface area contributed by atoms with Crippen LogP contribution in [-0.2, 0) is 0 Å². The molecule has 3 aromatic heterocycles. The van der Waals surface area contributed by atoms with Crippen molar-refractivity contribution in [2.45, 2.75) is 26.2 Å². The third-order valence-corrected chi connectivity index (χ3v) is 8.55. The van der Waals surface area contributed by atoms with Crippen LogP contribution in [-0.4, -0.2) is 15.0 Å². The highest BCUT2D eigenvalue weighted by Gasteiger charge is 2.16. The zero-order valence-corrected chi connectivity index (χ0v) is 26.1. The molecule has 3 nitrogen and oxygen atoms in total. The predicted molar refractivity (Wildman–Crippen MR) is 191 cm³/mol. The van der Waals surface area contributed by atoms with E-state index in [0.29, 0.717) is 5.92 Å². The number of rotatable bonds is 8. The third-order valence-electron chi connectivity index (χ3n) is 8.55. The first kappa shape index (κ1) is 29.1. The average Bonchev–Trinajstić information content (AvgIpc) is 3.15. The first-order valence-electron chi connectivity index (χ1n) is 15.9. The lowest BCUT2D eigenvalue weighted by atomic mass is 9.94. The van der Waals surface area contributed by atoms with Crippen LogP contribution in [0.1, 0.15) is 31.7 Å². The van der Waals surface area contributed by atoms with E-state index in [0.717, 1.165) is 74.0 Å². The molecule has 1 atom stereocenters. The fourth-order valence-electron chi connectivity index (χ4n) is 5.75. The van der Waals surface area contributed by atoms with E-state index in [-0.39, 0.29) is 0 Å². The number of benzene rings is 4. The fourth-order valence-corrected chi connectivity index (χ4v) is 5.75. The molecule has 222 valence electrons. The smallest absolute Gasteiger partial charge is 0.0716 e. The van der Waals surface area contributed by atoms with E-state index in [4.69, 9.17) is 15.0 Å². The monoisotopic (exact) mass is 593 g/mol. The van der Waals surface area contributed by atoms with Crippen molar-refractivity contribution >= 4 is 0 Å². The van der Waals surface area contributed by atoms with Crippen LogP contribution < -0.4 is 0 Å². The SMILES string of the molecule is CCC(C)c1cc(-c2cc(-c3ccccc3)nc(-c3ccccc3)c2)nc(-c2cc(-c3ccccc3)nc(-c3ccccc3)c2)c1. The second kappa shape index (κ2) is 13.1. The summed E-state index contributed by atoms with van der Waals surface area (Å²) in [6, 6.07) is 54.7. The molecule has 0 amide bonds. The van der Waals surface area contributed by atoms with Gasteiger partial charge in [-0.2, -0.15) is 0 Å². The van der Waals surface area contributed by atoms with Gasteiger partial charge < -0.3 is 0 Å². The Kier molecular flexibility index (Phi) is 8.30. The summed E-state index contributed by atoms with van der Waals surface area (Å²) < 4.78 is 0. The Morgan fingerprint density at radius 1 is 0.370 bits per heavy atom. The normalized spacial score (nSPS) is 11.7. The molecule has 46 heavy (non-hydrogen) atoms. The van der Waals surface area contributed by atoms with E-state index in [9.17, 15) is 0 Å². The minimum absolute atomic E-state index is 0.369.